The van der Waals surface area contributed by atoms with Crippen LogP contribution in [0.4, 0.5) is 5.69 Å². The minimum absolute atomic E-state index is 0.0700. The maximum atomic E-state index is 12.2. The van der Waals surface area contributed by atoms with Crippen LogP contribution in [-0.2, 0) is 0 Å². The number of anilines is 1. The molecule has 120 valence electrons. The van der Waals surface area contributed by atoms with E-state index in [0.29, 0.717) is 16.8 Å². The van der Waals surface area contributed by atoms with Crippen molar-refractivity contribution in [2.45, 2.75) is 19.9 Å². The van der Waals surface area contributed by atoms with Gasteiger partial charge in [-0.3, -0.25) is 9.59 Å². The van der Waals surface area contributed by atoms with Gasteiger partial charge in [0.25, 0.3) is 11.8 Å². The van der Waals surface area contributed by atoms with Gasteiger partial charge in [0, 0.05) is 22.9 Å². The lowest BCUT2D eigenvalue weighted by molar-refractivity contribution is 0.0941. The second kappa shape index (κ2) is 7.45. The molecule has 0 saturated carbocycles. The Hall–Kier alpha value is -2.82. The Kier molecular flexibility index (Phi) is 5.36. The number of amides is 2. The van der Waals surface area contributed by atoms with Crippen molar-refractivity contribution in [3.63, 3.8) is 0 Å². The van der Waals surface area contributed by atoms with Crippen molar-refractivity contribution >= 4 is 17.5 Å². The van der Waals surface area contributed by atoms with Crippen LogP contribution in [0.3, 0.4) is 0 Å². The molecule has 0 aromatic heterocycles. The largest absolute Gasteiger partial charge is 0.497 e. The fourth-order valence-electron chi connectivity index (χ4n) is 2.00. The number of hydrogen-bond acceptors (Lipinski definition) is 3. The van der Waals surface area contributed by atoms with Gasteiger partial charge < -0.3 is 15.4 Å². The predicted octanol–water partition coefficient (Wildman–Crippen LogP) is 3.09. The third-order valence-corrected chi connectivity index (χ3v) is 3.18. The van der Waals surface area contributed by atoms with E-state index in [-0.39, 0.29) is 17.9 Å². The second-order valence-electron chi connectivity index (χ2n) is 5.39. The molecule has 5 nitrogen and oxygen atoms in total. The summed E-state index contributed by atoms with van der Waals surface area (Å²) in [5.41, 5.74) is 1.69. The summed E-state index contributed by atoms with van der Waals surface area (Å²) >= 11 is 0. The van der Waals surface area contributed by atoms with Crippen LogP contribution in [0.15, 0.2) is 48.5 Å². The van der Waals surface area contributed by atoms with Crippen molar-refractivity contribution in [3.05, 3.63) is 59.7 Å². The number of carbonyl (C=O) groups excluding carboxylic acids is 2. The standard InChI is InChI=1S/C18H20N2O3/c1-12(2)19-17(21)13-4-6-14(7-5-13)18(22)20-15-8-10-16(23-3)11-9-15/h4-12H,1-3H3,(H,19,21)(H,20,22). The third kappa shape index (κ3) is 4.57. The molecule has 23 heavy (non-hydrogen) atoms. The quantitative estimate of drug-likeness (QED) is 0.891. The summed E-state index contributed by atoms with van der Waals surface area (Å²) in [5.74, 6) is 0.344. The Morgan fingerprint density at radius 3 is 1.87 bits per heavy atom. The molecular weight excluding hydrogens is 292 g/mol. The Labute approximate surface area is 135 Å². The highest BCUT2D eigenvalue weighted by Gasteiger charge is 2.10. The number of ether oxygens (including phenoxy) is 1. The minimum atomic E-state index is -0.231. The van der Waals surface area contributed by atoms with Crippen molar-refractivity contribution in [2.24, 2.45) is 0 Å². The lowest BCUT2D eigenvalue weighted by Crippen LogP contribution is -2.30. The zero-order valence-corrected chi connectivity index (χ0v) is 13.4. The Morgan fingerprint density at radius 1 is 0.870 bits per heavy atom. The molecule has 2 amide bonds. The molecule has 0 saturated heterocycles. The summed E-state index contributed by atoms with van der Waals surface area (Å²) in [6.07, 6.45) is 0. The predicted molar refractivity (Wildman–Crippen MR) is 90.0 cm³/mol. The van der Waals surface area contributed by atoms with E-state index in [4.69, 9.17) is 4.74 Å². The molecule has 0 aliphatic carbocycles. The molecule has 0 heterocycles. The van der Waals surface area contributed by atoms with Crippen molar-refractivity contribution < 1.29 is 14.3 Å². The van der Waals surface area contributed by atoms with Crippen molar-refractivity contribution in [3.8, 4) is 5.75 Å². The molecule has 5 heteroatoms. The molecule has 2 N–H and O–H groups in total. The Bertz CT molecular complexity index is 676. The first-order chi connectivity index (χ1) is 11.0. The van der Waals surface area contributed by atoms with E-state index in [1.54, 1.807) is 55.6 Å². The highest BCUT2D eigenvalue weighted by molar-refractivity contribution is 6.05. The highest BCUT2D eigenvalue weighted by Crippen LogP contribution is 2.16. The molecule has 0 aliphatic rings. The Balaban J connectivity index is 2.03. The minimum Gasteiger partial charge on any atom is -0.497 e. The van der Waals surface area contributed by atoms with Crippen molar-refractivity contribution in [1.29, 1.82) is 0 Å². The molecule has 0 unspecified atom stereocenters. The summed E-state index contributed by atoms with van der Waals surface area (Å²) < 4.78 is 5.07. The van der Waals surface area contributed by atoms with Gasteiger partial charge in [-0.2, -0.15) is 0 Å². The zero-order chi connectivity index (χ0) is 16.8. The van der Waals surface area contributed by atoms with Gasteiger partial charge in [0.2, 0.25) is 0 Å². The molecule has 0 aliphatic heterocycles. The maximum Gasteiger partial charge on any atom is 0.255 e. The van der Waals surface area contributed by atoms with Crippen LogP contribution in [0, 0.1) is 0 Å². The fraction of sp³-hybridized carbons (Fsp3) is 0.222. The van der Waals surface area contributed by atoms with Gasteiger partial charge in [0.15, 0.2) is 0 Å². The highest BCUT2D eigenvalue weighted by atomic mass is 16.5. The summed E-state index contributed by atoms with van der Waals surface area (Å²) in [6.45, 7) is 3.79. The molecule has 2 aromatic rings. The van der Waals surface area contributed by atoms with E-state index < -0.39 is 0 Å². The number of carbonyl (C=O) groups is 2. The molecule has 0 atom stereocenters. The van der Waals surface area contributed by atoms with Gasteiger partial charge in [-0.25, -0.2) is 0 Å². The second-order valence-corrected chi connectivity index (χ2v) is 5.39. The molecular formula is C18H20N2O3. The maximum absolute atomic E-state index is 12.2. The average Bonchev–Trinajstić information content (AvgIpc) is 2.55. The van der Waals surface area contributed by atoms with Crippen LogP contribution in [-0.4, -0.2) is 25.0 Å². The summed E-state index contributed by atoms with van der Waals surface area (Å²) in [4.78, 5) is 24.0. The molecule has 2 aromatic carbocycles. The lowest BCUT2D eigenvalue weighted by atomic mass is 10.1. The van der Waals surface area contributed by atoms with Crippen LogP contribution in [0.2, 0.25) is 0 Å². The molecule has 0 bridgehead atoms. The van der Waals surface area contributed by atoms with E-state index in [9.17, 15) is 9.59 Å². The van der Waals surface area contributed by atoms with E-state index in [0.717, 1.165) is 5.75 Å². The summed E-state index contributed by atoms with van der Waals surface area (Å²) in [6, 6.07) is 13.7. The zero-order valence-electron chi connectivity index (χ0n) is 13.4. The van der Waals surface area contributed by atoms with Crippen molar-refractivity contribution in [1.82, 2.24) is 5.32 Å². The van der Waals surface area contributed by atoms with E-state index in [2.05, 4.69) is 10.6 Å². The number of benzene rings is 2. The SMILES string of the molecule is COc1ccc(NC(=O)c2ccc(C(=O)NC(C)C)cc2)cc1. The molecule has 0 spiro atoms. The normalized spacial score (nSPS) is 10.3. The number of nitrogens with one attached hydrogen (secondary N) is 2. The lowest BCUT2D eigenvalue weighted by Gasteiger charge is -2.09. The van der Waals surface area contributed by atoms with Gasteiger partial charge in [-0.15, -0.1) is 0 Å². The molecule has 0 fully saturated rings. The van der Waals surface area contributed by atoms with Crippen LogP contribution >= 0.6 is 0 Å². The first kappa shape index (κ1) is 16.5. The number of hydrogen-bond donors (Lipinski definition) is 2. The number of methoxy groups -OCH3 is 1. The number of rotatable bonds is 5. The van der Waals surface area contributed by atoms with Gasteiger partial charge in [0.1, 0.15) is 5.75 Å². The first-order valence-corrected chi connectivity index (χ1v) is 7.36. The van der Waals surface area contributed by atoms with Gasteiger partial charge in [0.05, 0.1) is 7.11 Å². The fourth-order valence-corrected chi connectivity index (χ4v) is 2.00. The van der Waals surface area contributed by atoms with Gasteiger partial charge >= 0.3 is 0 Å². The van der Waals surface area contributed by atoms with Crippen LogP contribution in [0.25, 0.3) is 0 Å². The Morgan fingerprint density at radius 2 is 1.39 bits per heavy atom. The van der Waals surface area contributed by atoms with Crippen molar-refractivity contribution in [2.75, 3.05) is 12.4 Å². The average molecular weight is 312 g/mol. The smallest absolute Gasteiger partial charge is 0.255 e. The topological polar surface area (TPSA) is 67.4 Å². The van der Waals surface area contributed by atoms with Gasteiger partial charge in [-0.1, -0.05) is 0 Å². The molecule has 2 rings (SSSR count). The van der Waals surface area contributed by atoms with Crippen LogP contribution in [0.1, 0.15) is 34.6 Å². The molecule has 0 radical (unpaired) electrons. The van der Waals surface area contributed by atoms with Crippen LogP contribution < -0.4 is 15.4 Å². The van der Waals surface area contributed by atoms with Gasteiger partial charge in [-0.05, 0) is 62.4 Å². The summed E-state index contributed by atoms with van der Waals surface area (Å²) in [7, 11) is 1.59. The van der Waals surface area contributed by atoms with E-state index >= 15 is 0 Å². The summed E-state index contributed by atoms with van der Waals surface area (Å²) in [5, 5.41) is 5.60. The van der Waals surface area contributed by atoms with E-state index in [1.807, 2.05) is 13.8 Å². The van der Waals surface area contributed by atoms with E-state index in [1.165, 1.54) is 0 Å². The third-order valence-electron chi connectivity index (χ3n) is 3.18. The van der Waals surface area contributed by atoms with Crippen LogP contribution in [0.5, 0.6) is 5.75 Å². The monoisotopic (exact) mass is 312 g/mol. The first-order valence-electron chi connectivity index (χ1n) is 7.36.